The molecule has 2 unspecified atom stereocenters. The van der Waals surface area contributed by atoms with E-state index in [0.717, 1.165) is 42.9 Å². The maximum atomic E-state index is 13.9. The molecule has 0 spiro atoms. The van der Waals surface area contributed by atoms with Crippen molar-refractivity contribution in [2.75, 3.05) is 51.1 Å². The molecule has 11 nitrogen and oxygen atoms in total. The highest BCUT2D eigenvalue weighted by Gasteiger charge is 2.34. The molecule has 11 heteroatoms. The number of hydrogen-bond donors (Lipinski definition) is 3. The number of carbonyl (C=O) groups excluding carboxylic acids is 3. The second kappa shape index (κ2) is 15.1. The molecule has 0 saturated carbocycles. The van der Waals surface area contributed by atoms with Crippen LogP contribution >= 0.6 is 0 Å². The van der Waals surface area contributed by atoms with Crippen molar-refractivity contribution in [3.8, 4) is 0 Å². The molecule has 3 N–H and O–H groups in total. The lowest BCUT2D eigenvalue weighted by atomic mass is 10.0. The van der Waals surface area contributed by atoms with Gasteiger partial charge >= 0.3 is 12.1 Å². The summed E-state index contributed by atoms with van der Waals surface area (Å²) in [4.78, 5) is 48.3. The molecule has 2 fully saturated rings. The Kier molecular flexibility index (Phi) is 10.7. The van der Waals surface area contributed by atoms with Crippen molar-refractivity contribution < 1.29 is 14.4 Å². The Morgan fingerprint density at radius 3 is 2.50 bits per heavy atom. The summed E-state index contributed by atoms with van der Waals surface area (Å²) < 4.78 is 0. The number of H-pyrrole nitrogens is 1. The second-order valence-corrected chi connectivity index (χ2v) is 12.1. The highest BCUT2D eigenvalue weighted by Crippen LogP contribution is 2.27. The fourth-order valence-electron chi connectivity index (χ4n) is 6.22. The summed E-state index contributed by atoms with van der Waals surface area (Å²) in [6.45, 7) is 10.1. The van der Waals surface area contributed by atoms with Gasteiger partial charge in [0.05, 0.1) is 0 Å². The van der Waals surface area contributed by atoms with E-state index in [0.29, 0.717) is 57.9 Å². The zero-order chi connectivity index (χ0) is 30.9. The molecule has 4 heterocycles. The van der Waals surface area contributed by atoms with Gasteiger partial charge in [0.25, 0.3) is 0 Å². The number of fused-ring (bicyclic) bond motifs is 1. The van der Waals surface area contributed by atoms with Gasteiger partial charge in [-0.25, -0.2) is 9.59 Å². The van der Waals surface area contributed by atoms with Gasteiger partial charge in [0.2, 0.25) is 5.91 Å². The number of para-hydroxylation sites is 1. The Morgan fingerprint density at radius 2 is 1.73 bits per heavy atom. The molecule has 0 bridgehead atoms. The SMILES string of the molecule is CCC(C)CN1CCN(C(=O)C(Cc2cccn[nH]ccc2)NC(=O)N2CCC(N3Cc4ccccc4NC3=O)CC2)CC1. The van der Waals surface area contributed by atoms with Crippen molar-refractivity contribution in [2.45, 2.75) is 58.2 Å². The Morgan fingerprint density at radius 1 is 0.977 bits per heavy atom. The molecular weight excluding hydrogens is 556 g/mol. The average molecular weight is 603 g/mol. The lowest BCUT2D eigenvalue weighted by Crippen LogP contribution is -2.58. The van der Waals surface area contributed by atoms with E-state index in [1.165, 1.54) is 0 Å². The largest absolute Gasteiger partial charge is 0.338 e. The molecule has 2 atom stereocenters. The van der Waals surface area contributed by atoms with Crippen LogP contribution in [0.1, 0.15) is 44.2 Å². The van der Waals surface area contributed by atoms with Crippen molar-refractivity contribution in [2.24, 2.45) is 5.92 Å². The molecule has 44 heavy (non-hydrogen) atoms. The van der Waals surface area contributed by atoms with Crippen LogP contribution < -0.4 is 10.6 Å². The van der Waals surface area contributed by atoms with E-state index in [1.807, 2.05) is 58.3 Å². The number of hydrogen-bond acceptors (Lipinski definition) is 5. The van der Waals surface area contributed by atoms with Crippen LogP contribution in [0.25, 0.3) is 0 Å². The number of piperidine rings is 1. The van der Waals surface area contributed by atoms with Gasteiger partial charge in [0.1, 0.15) is 6.04 Å². The number of nitrogens with one attached hydrogen (secondary N) is 3. The molecule has 2 aromatic rings. The monoisotopic (exact) mass is 602 g/mol. The number of nitrogens with zero attached hydrogens (tertiary/aromatic N) is 5. The van der Waals surface area contributed by atoms with Crippen LogP contribution in [0.5, 0.6) is 0 Å². The normalized spacial score (nSPS) is 19.0. The van der Waals surface area contributed by atoms with Crippen LogP contribution in [0.4, 0.5) is 15.3 Å². The van der Waals surface area contributed by atoms with Crippen molar-refractivity contribution in [1.29, 1.82) is 0 Å². The van der Waals surface area contributed by atoms with E-state index < -0.39 is 6.04 Å². The highest BCUT2D eigenvalue weighted by molar-refractivity contribution is 5.92. The first-order chi connectivity index (χ1) is 21.4. The minimum Gasteiger partial charge on any atom is -0.338 e. The topological polar surface area (TPSA) is 117 Å². The summed E-state index contributed by atoms with van der Waals surface area (Å²) in [6.07, 6.45) is 6.26. The van der Waals surface area contributed by atoms with E-state index in [4.69, 9.17) is 0 Å². The Hall–Kier alpha value is -4.12. The number of carbonyl (C=O) groups is 3. The molecule has 1 aromatic carbocycles. The first kappa shape index (κ1) is 31.3. The van der Waals surface area contributed by atoms with Crippen LogP contribution in [0.3, 0.4) is 0 Å². The third-order valence-electron chi connectivity index (χ3n) is 9.07. The predicted molar refractivity (Wildman–Crippen MR) is 170 cm³/mol. The summed E-state index contributed by atoms with van der Waals surface area (Å²) >= 11 is 0. The van der Waals surface area contributed by atoms with Crippen LogP contribution in [-0.2, 0) is 17.8 Å². The van der Waals surface area contributed by atoms with E-state index in [1.54, 1.807) is 17.3 Å². The van der Waals surface area contributed by atoms with Gasteiger partial charge < -0.3 is 25.3 Å². The molecule has 0 radical (unpaired) electrons. The number of benzene rings is 1. The zero-order valence-corrected chi connectivity index (χ0v) is 26.0. The number of urea groups is 2. The lowest BCUT2D eigenvalue weighted by Gasteiger charge is -2.41. The number of aromatic amines is 1. The summed E-state index contributed by atoms with van der Waals surface area (Å²) in [5, 5.41) is 13.0. The van der Waals surface area contributed by atoms with Crippen molar-refractivity contribution >= 4 is 23.7 Å². The first-order valence-electron chi connectivity index (χ1n) is 15.9. The van der Waals surface area contributed by atoms with E-state index in [2.05, 4.69) is 39.6 Å². The van der Waals surface area contributed by atoms with E-state index in [9.17, 15) is 14.4 Å². The predicted octanol–water partition coefficient (Wildman–Crippen LogP) is 3.86. The Labute approximate surface area is 260 Å². The van der Waals surface area contributed by atoms with Gasteiger partial charge in [-0.15, -0.1) is 0 Å². The summed E-state index contributed by atoms with van der Waals surface area (Å²) in [7, 11) is 0. The van der Waals surface area contributed by atoms with Crippen molar-refractivity contribution in [3.05, 3.63) is 72.1 Å². The third-order valence-corrected chi connectivity index (χ3v) is 9.07. The standard InChI is InChI=1S/C33H46N8O3/c1-3-25(2)23-38-18-20-39(21-19-38)31(42)30(22-26-8-6-14-34-35-15-7-9-26)37-32(43)40-16-12-28(13-17-40)41-24-27-10-4-5-11-29(27)36-33(41)44/h4-11,14-15,25,28,30,34H,3,12-13,16-24H2,1-2H3,(H,36,44)(H,37,43). The highest BCUT2D eigenvalue weighted by atomic mass is 16.2. The zero-order valence-electron chi connectivity index (χ0n) is 26.0. The minimum atomic E-state index is -0.694. The van der Waals surface area contributed by atoms with Gasteiger partial charge in [-0.1, -0.05) is 50.6 Å². The number of piperazine rings is 1. The summed E-state index contributed by atoms with van der Waals surface area (Å²) in [5.74, 6) is 0.576. The number of aromatic nitrogens is 2. The molecule has 5 amide bonds. The number of rotatable bonds is 8. The quantitative estimate of drug-likeness (QED) is 0.425. The second-order valence-electron chi connectivity index (χ2n) is 12.1. The number of likely N-dealkylation sites (tertiary alicyclic amines) is 1. The van der Waals surface area contributed by atoms with Gasteiger partial charge in [-0.05, 0) is 48.1 Å². The molecular formula is C33H46N8O3. The number of amides is 5. The molecule has 236 valence electrons. The molecule has 0 aliphatic carbocycles. The van der Waals surface area contributed by atoms with Crippen LogP contribution in [0, 0.1) is 5.92 Å². The van der Waals surface area contributed by atoms with Gasteiger partial charge in [0, 0.05) is 82.9 Å². The maximum absolute atomic E-state index is 13.9. The van der Waals surface area contributed by atoms with Gasteiger partial charge in [0.15, 0.2) is 0 Å². The average Bonchev–Trinajstić information content (AvgIpc) is 3.18. The Balaban J connectivity index is 1.22. The first-order valence-corrected chi connectivity index (χ1v) is 15.9. The third kappa shape index (κ3) is 8.07. The molecule has 1 aromatic heterocycles. The maximum Gasteiger partial charge on any atom is 0.322 e. The fraction of sp³-hybridized carbons (Fsp3) is 0.515. The molecule has 2 saturated heterocycles. The summed E-state index contributed by atoms with van der Waals surface area (Å²) in [5.41, 5.74) is 2.88. The lowest BCUT2D eigenvalue weighted by molar-refractivity contribution is -0.135. The van der Waals surface area contributed by atoms with Gasteiger partial charge in [-0.2, -0.15) is 5.10 Å². The van der Waals surface area contributed by atoms with Crippen LogP contribution in [0.15, 0.2) is 60.9 Å². The van der Waals surface area contributed by atoms with Crippen LogP contribution in [0.2, 0.25) is 0 Å². The molecule has 3 aliphatic heterocycles. The van der Waals surface area contributed by atoms with Crippen LogP contribution in [-0.4, -0.2) is 106 Å². The molecule has 3 aliphatic rings. The summed E-state index contributed by atoms with van der Waals surface area (Å²) in [6, 6.07) is 14.4. The van der Waals surface area contributed by atoms with E-state index in [-0.39, 0.29) is 24.0 Å². The Bertz CT molecular complexity index is 1310. The van der Waals surface area contributed by atoms with Gasteiger partial charge in [-0.3, -0.25) is 14.8 Å². The van der Waals surface area contributed by atoms with Crippen molar-refractivity contribution in [1.82, 2.24) is 35.1 Å². The fourth-order valence-corrected chi connectivity index (χ4v) is 6.22. The molecule has 5 rings (SSSR count). The van der Waals surface area contributed by atoms with Crippen molar-refractivity contribution in [3.63, 3.8) is 0 Å². The number of anilines is 1. The smallest absolute Gasteiger partial charge is 0.322 e. The minimum absolute atomic E-state index is 0.0489. The van der Waals surface area contributed by atoms with E-state index >= 15 is 0 Å².